The van der Waals surface area contributed by atoms with E-state index in [9.17, 15) is 4.79 Å². The minimum atomic E-state index is 0.0290. The molecule has 20 heavy (non-hydrogen) atoms. The molecule has 2 rings (SSSR count). The van der Waals surface area contributed by atoms with Crippen LogP contribution in [0.2, 0.25) is 0 Å². The molecule has 1 N–H and O–H groups in total. The number of benzene rings is 1. The topological polar surface area (TPSA) is 41.6 Å². The van der Waals surface area contributed by atoms with E-state index >= 15 is 0 Å². The van der Waals surface area contributed by atoms with E-state index in [1.165, 1.54) is 0 Å². The molecular formula is C15H21IN2O2. The van der Waals surface area contributed by atoms with Crippen LogP contribution in [0.15, 0.2) is 24.3 Å². The van der Waals surface area contributed by atoms with Crippen LogP contribution >= 0.6 is 22.6 Å². The van der Waals surface area contributed by atoms with Gasteiger partial charge in [-0.1, -0.05) is 12.1 Å². The lowest BCUT2D eigenvalue weighted by Gasteiger charge is -2.26. The first-order chi connectivity index (χ1) is 9.77. The fourth-order valence-electron chi connectivity index (χ4n) is 2.23. The Morgan fingerprint density at radius 3 is 2.75 bits per heavy atom. The highest BCUT2D eigenvalue weighted by Crippen LogP contribution is 2.11. The third-order valence-corrected chi connectivity index (χ3v) is 4.35. The highest BCUT2D eigenvalue weighted by atomic mass is 127. The fourth-order valence-corrected chi connectivity index (χ4v) is 2.86. The predicted octanol–water partition coefficient (Wildman–Crippen LogP) is 2.13. The van der Waals surface area contributed by atoms with E-state index < -0.39 is 0 Å². The van der Waals surface area contributed by atoms with Crippen molar-refractivity contribution in [1.82, 2.24) is 10.2 Å². The standard InChI is InChI=1S/C15H21IN2O2/c16-14-6-2-1-5-13(14)15(19)17-7-3-4-8-18-9-11-20-12-10-18/h1-2,5-6H,3-4,7-12H2,(H,17,19). The highest BCUT2D eigenvalue weighted by Gasteiger charge is 2.10. The lowest BCUT2D eigenvalue weighted by Crippen LogP contribution is -2.37. The lowest BCUT2D eigenvalue weighted by molar-refractivity contribution is 0.0372. The number of nitrogens with zero attached hydrogens (tertiary/aromatic N) is 1. The first-order valence-electron chi connectivity index (χ1n) is 7.10. The van der Waals surface area contributed by atoms with Gasteiger partial charge in [-0.25, -0.2) is 0 Å². The van der Waals surface area contributed by atoms with Gasteiger partial charge < -0.3 is 10.1 Å². The van der Waals surface area contributed by atoms with E-state index in [4.69, 9.17) is 4.74 Å². The summed E-state index contributed by atoms with van der Waals surface area (Å²) in [5.74, 6) is 0.0290. The van der Waals surface area contributed by atoms with Crippen LogP contribution in [0, 0.1) is 3.57 Å². The Bertz CT molecular complexity index is 434. The van der Waals surface area contributed by atoms with Crippen molar-refractivity contribution >= 4 is 28.5 Å². The van der Waals surface area contributed by atoms with Crippen molar-refractivity contribution in [1.29, 1.82) is 0 Å². The SMILES string of the molecule is O=C(NCCCCN1CCOCC1)c1ccccc1I. The van der Waals surface area contributed by atoms with Crippen LogP contribution in [0.4, 0.5) is 0 Å². The van der Waals surface area contributed by atoms with Gasteiger partial charge in [0.15, 0.2) is 0 Å². The van der Waals surface area contributed by atoms with Crippen molar-refractivity contribution in [3.63, 3.8) is 0 Å². The minimum Gasteiger partial charge on any atom is -0.379 e. The number of hydrogen-bond acceptors (Lipinski definition) is 3. The maximum absolute atomic E-state index is 12.0. The van der Waals surface area contributed by atoms with Crippen LogP contribution in [0.3, 0.4) is 0 Å². The van der Waals surface area contributed by atoms with Gasteiger partial charge in [0.25, 0.3) is 5.91 Å². The Hall–Kier alpha value is -0.660. The third kappa shape index (κ3) is 5.03. The van der Waals surface area contributed by atoms with E-state index in [0.29, 0.717) is 0 Å². The molecule has 4 nitrogen and oxygen atoms in total. The maximum Gasteiger partial charge on any atom is 0.252 e. The normalized spacial score (nSPS) is 16.1. The Kier molecular flexibility index (Phi) is 6.75. The Balaban J connectivity index is 1.61. The molecule has 1 heterocycles. The zero-order chi connectivity index (χ0) is 14.2. The zero-order valence-corrected chi connectivity index (χ0v) is 13.8. The van der Waals surface area contributed by atoms with Crippen molar-refractivity contribution in [3.05, 3.63) is 33.4 Å². The summed E-state index contributed by atoms with van der Waals surface area (Å²) in [6.07, 6.45) is 2.14. The molecule has 1 aromatic carbocycles. The van der Waals surface area contributed by atoms with E-state index in [1.54, 1.807) is 0 Å². The van der Waals surface area contributed by atoms with Crippen LogP contribution in [0.25, 0.3) is 0 Å². The summed E-state index contributed by atoms with van der Waals surface area (Å²) in [6.45, 7) is 5.62. The number of nitrogens with one attached hydrogen (secondary N) is 1. The lowest BCUT2D eigenvalue weighted by atomic mass is 10.2. The largest absolute Gasteiger partial charge is 0.379 e. The summed E-state index contributed by atoms with van der Waals surface area (Å²) in [7, 11) is 0. The quantitative estimate of drug-likeness (QED) is 0.600. The smallest absolute Gasteiger partial charge is 0.252 e. The van der Waals surface area contributed by atoms with Crippen LogP contribution in [-0.4, -0.2) is 50.2 Å². The number of amides is 1. The maximum atomic E-state index is 12.0. The molecule has 1 aliphatic heterocycles. The summed E-state index contributed by atoms with van der Waals surface area (Å²) in [5, 5.41) is 2.99. The monoisotopic (exact) mass is 388 g/mol. The van der Waals surface area contributed by atoms with Gasteiger partial charge in [-0.2, -0.15) is 0 Å². The number of halogens is 1. The molecule has 110 valence electrons. The molecule has 1 fully saturated rings. The zero-order valence-electron chi connectivity index (χ0n) is 11.6. The molecule has 1 aromatic rings. The first kappa shape index (κ1) is 15.7. The van der Waals surface area contributed by atoms with Crippen LogP contribution in [0.1, 0.15) is 23.2 Å². The molecule has 0 aromatic heterocycles. The third-order valence-electron chi connectivity index (χ3n) is 3.41. The molecule has 0 unspecified atom stereocenters. The van der Waals surface area contributed by atoms with Gasteiger partial charge in [-0.15, -0.1) is 0 Å². The molecule has 0 saturated carbocycles. The summed E-state index contributed by atoms with van der Waals surface area (Å²) in [5.41, 5.74) is 0.765. The van der Waals surface area contributed by atoms with Gasteiger partial charge in [0, 0.05) is 23.2 Å². The average Bonchev–Trinajstić information content (AvgIpc) is 2.48. The van der Waals surface area contributed by atoms with E-state index in [0.717, 1.165) is 61.4 Å². The second-order valence-corrected chi connectivity index (χ2v) is 6.06. The Morgan fingerprint density at radius 1 is 1.25 bits per heavy atom. The summed E-state index contributed by atoms with van der Waals surface area (Å²) < 4.78 is 6.32. The Labute approximate surface area is 134 Å². The van der Waals surface area contributed by atoms with Gasteiger partial charge in [0.2, 0.25) is 0 Å². The minimum absolute atomic E-state index is 0.0290. The van der Waals surface area contributed by atoms with Gasteiger partial charge in [0.05, 0.1) is 18.8 Å². The number of morpholine rings is 1. The summed E-state index contributed by atoms with van der Waals surface area (Å²) >= 11 is 2.19. The molecule has 0 spiro atoms. The van der Waals surface area contributed by atoms with Crippen molar-refractivity contribution in [3.8, 4) is 0 Å². The molecule has 1 amide bonds. The number of rotatable bonds is 6. The first-order valence-corrected chi connectivity index (χ1v) is 8.18. The van der Waals surface area contributed by atoms with Crippen molar-refractivity contribution < 1.29 is 9.53 Å². The van der Waals surface area contributed by atoms with Gasteiger partial charge >= 0.3 is 0 Å². The molecular weight excluding hydrogens is 367 g/mol. The molecule has 0 bridgehead atoms. The summed E-state index contributed by atoms with van der Waals surface area (Å²) in [6, 6.07) is 7.66. The predicted molar refractivity (Wildman–Crippen MR) is 88.0 cm³/mol. The number of hydrogen-bond donors (Lipinski definition) is 1. The van der Waals surface area contributed by atoms with E-state index in [1.807, 2.05) is 24.3 Å². The van der Waals surface area contributed by atoms with E-state index in [-0.39, 0.29) is 5.91 Å². The van der Waals surface area contributed by atoms with Crippen LogP contribution < -0.4 is 5.32 Å². The van der Waals surface area contributed by atoms with Gasteiger partial charge in [0.1, 0.15) is 0 Å². The van der Waals surface area contributed by atoms with Gasteiger partial charge in [-0.05, 0) is 54.1 Å². The van der Waals surface area contributed by atoms with E-state index in [2.05, 4.69) is 32.8 Å². The van der Waals surface area contributed by atoms with Crippen molar-refractivity contribution in [2.24, 2.45) is 0 Å². The molecule has 5 heteroatoms. The highest BCUT2D eigenvalue weighted by molar-refractivity contribution is 14.1. The van der Waals surface area contributed by atoms with Gasteiger partial charge in [-0.3, -0.25) is 9.69 Å². The number of carbonyl (C=O) groups is 1. The molecule has 0 atom stereocenters. The molecule has 0 radical (unpaired) electrons. The second kappa shape index (κ2) is 8.59. The molecule has 1 aliphatic rings. The van der Waals surface area contributed by atoms with Crippen molar-refractivity contribution in [2.45, 2.75) is 12.8 Å². The fraction of sp³-hybridized carbons (Fsp3) is 0.533. The van der Waals surface area contributed by atoms with Crippen LogP contribution in [-0.2, 0) is 4.74 Å². The number of ether oxygens (including phenoxy) is 1. The Morgan fingerprint density at radius 2 is 2.00 bits per heavy atom. The van der Waals surface area contributed by atoms with Crippen LogP contribution in [0.5, 0.6) is 0 Å². The van der Waals surface area contributed by atoms with Crippen molar-refractivity contribution in [2.75, 3.05) is 39.4 Å². The number of carbonyl (C=O) groups excluding carboxylic acids is 1. The second-order valence-electron chi connectivity index (χ2n) is 4.90. The molecule has 0 aliphatic carbocycles. The summed E-state index contributed by atoms with van der Waals surface area (Å²) in [4.78, 5) is 14.4. The molecule has 1 saturated heterocycles. The average molecular weight is 388 g/mol. The number of unbranched alkanes of at least 4 members (excludes halogenated alkanes) is 1.